The number of H-pyrrole nitrogens is 1. The van der Waals surface area contributed by atoms with Crippen LogP contribution in [0.5, 0.6) is 5.75 Å². The van der Waals surface area contributed by atoms with E-state index in [2.05, 4.69) is 15.2 Å². The fraction of sp³-hybridized carbons (Fsp3) is 0.231. The molecule has 0 saturated carbocycles. The third kappa shape index (κ3) is 2.53. The van der Waals surface area contributed by atoms with E-state index in [9.17, 15) is 0 Å². The highest BCUT2D eigenvalue weighted by molar-refractivity contribution is 6.00. The van der Waals surface area contributed by atoms with E-state index < -0.39 is 0 Å². The molecule has 4 nitrogen and oxygen atoms in total. The molecule has 1 aromatic carbocycles. The summed E-state index contributed by atoms with van der Waals surface area (Å²) in [7, 11) is 1.65. The topological polar surface area (TPSA) is 50.3 Å². The SMILES string of the molecule is COc1ccc(C)cc1/N=C(\C)c1cn[nH]c1. The minimum absolute atomic E-state index is 0.776. The zero-order valence-corrected chi connectivity index (χ0v) is 10.2. The summed E-state index contributed by atoms with van der Waals surface area (Å²) >= 11 is 0. The van der Waals surface area contributed by atoms with E-state index in [0.717, 1.165) is 28.3 Å². The van der Waals surface area contributed by atoms with Gasteiger partial charge in [0, 0.05) is 17.5 Å². The number of ether oxygens (including phenoxy) is 1. The van der Waals surface area contributed by atoms with Crippen molar-refractivity contribution in [2.45, 2.75) is 13.8 Å². The van der Waals surface area contributed by atoms with Gasteiger partial charge < -0.3 is 4.74 Å². The quantitative estimate of drug-likeness (QED) is 0.823. The third-order valence-electron chi connectivity index (χ3n) is 2.54. The van der Waals surface area contributed by atoms with Gasteiger partial charge in [0.15, 0.2) is 0 Å². The molecule has 0 atom stereocenters. The smallest absolute Gasteiger partial charge is 0.144 e. The highest BCUT2D eigenvalue weighted by Crippen LogP contribution is 2.28. The molecule has 2 rings (SSSR count). The second-order valence-electron chi connectivity index (χ2n) is 3.86. The minimum atomic E-state index is 0.776. The van der Waals surface area contributed by atoms with E-state index >= 15 is 0 Å². The van der Waals surface area contributed by atoms with Gasteiger partial charge in [-0.15, -0.1) is 0 Å². The summed E-state index contributed by atoms with van der Waals surface area (Å²) in [6.07, 6.45) is 3.57. The van der Waals surface area contributed by atoms with Crippen molar-refractivity contribution >= 4 is 11.4 Å². The van der Waals surface area contributed by atoms with Crippen LogP contribution in [0.15, 0.2) is 35.6 Å². The number of hydrogen-bond donors (Lipinski definition) is 1. The second-order valence-corrected chi connectivity index (χ2v) is 3.86. The Labute approximate surface area is 100 Å². The van der Waals surface area contributed by atoms with Gasteiger partial charge in [-0.3, -0.25) is 5.10 Å². The number of rotatable bonds is 3. The fourth-order valence-electron chi connectivity index (χ4n) is 1.58. The Kier molecular flexibility index (Phi) is 3.23. The van der Waals surface area contributed by atoms with E-state index in [0.29, 0.717) is 0 Å². The molecule has 0 amide bonds. The molecule has 0 aliphatic rings. The molecule has 1 aromatic heterocycles. The van der Waals surface area contributed by atoms with Gasteiger partial charge in [-0.2, -0.15) is 5.10 Å². The molecule has 0 fully saturated rings. The van der Waals surface area contributed by atoms with E-state index in [1.807, 2.05) is 38.2 Å². The van der Waals surface area contributed by atoms with Crippen molar-refractivity contribution in [1.82, 2.24) is 10.2 Å². The molecule has 2 aromatic rings. The summed E-state index contributed by atoms with van der Waals surface area (Å²) < 4.78 is 5.29. The lowest BCUT2D eigenvalue weighted by molar-refractivity contribution is 0.416. The maximum atomic E-state index is 5.29. The first-order valence-electron chi connectivity index (χ1n) is 5.40. The lowest BCUT2D eigenvalue weighted by Gasteiger charge is -2.06. The van der Waals surface area contributed by atoms with Gasteiger partial charge in [-0.05, 0) is 31.5 Å². The van der Waals surface area contributed by atoms with Gasteiger partial charge in [-0.1, -0.05) is 6.07 Å². The zero-order chi connectivity index (χ0) is 12.3. The number of aliphatic imine (C=N–C) groups is 1. The summed E-state index contributed by atoms with van der Waals surface area (Å²) in [6, 6.07) is 5.93. The number of nitrogens with one attached hydrogen (secondary N) is 1. The monoisotopic (exact) mass is 229 g/mol. The highest BCUT2D eigenvalue weighted by Gasteiger charge is 2.04. The van der Waals surface area contributed by atoms with Gasteiger partial charge in [0.2, 0.25) is 0 Å². The molecular formula is C13H15N3O. The molecule has 17 heavy (non-hydrogen) atoms. The van der Waals surface area contributed by atoms with Crippen LogP contribution in [0, 0.1) is 6.92 Å². The predicted molar refractivity (Wildman–Crippen MR) is 68.2 cm³/mol. The molecular weight excluding hydrogens is 214 g/mol. The van der Waals surface area contributed by atoms with Crippen LogP contribution in [0.25, 0.3) is 0 Å². The fourth-order valence-corrected chi connectivity index (χ4v) is 1.58. The molecule has 0 radical (unpaired) electrons. The van der Waals surface area contributed by atoms with Crippen LogP contribution in [0.2, 0.25) is 0 Å². The lowest BCUT2D eigenvalue weighted by Crippen LogP contribution is -1.92. The Balaban J connectivity index is 2.41. The van der Waals surface area contributed by atoms with E-state index in [1.165, 1.54) is 0 Å². The van der Waals surface area contributed by atoms with Crippen molar-refractivity contribution in [3.05, 3.63) is 41.7 Å². The van der Waals surface area contributed by atoms with Crippen LogP contribution in [-0.2, 0) is 0 Å². The van der Waals surface area contributed by atoms with Crippen LogP contribution in [-0.4, -0.2) is 23.0 Å². The van der Waals surface area contributed by atoms with Gasteiger partial charge in [0.25, 0.3) is 0 Å². The molecule has 1 heterocycles. The summed E-state index contributed by atoms with van der Waals surface area (Å²) in [4.78, 5) is 4.56. The first kappa shape index (κ1) is 11.4. The standard InChI is InChI=1S/C13H15N3O/c1-9-4-5-13(17-3)12(6-9)16-10(2)11-7-14-15-8-11/h4-8H,1-3H3,(H,14,15)/b16-10+. The lowest BCUT2D eigenvalue weighted by atomic mass is 10.2. The largest absolute Gasteiger partial charge is 0.494 e. The highest BCUT2D eigenvalue weighted by atomic mass is 16.5. The van der Waals surface area contributed by atoms with Crippen molar-refractivity contribution in [3.8, 4) is 5.75 Å². The molecule has 0 unspecified atom stereocenters. The first-order chi connectivity index (χ1) is 8.20. The molecule has 0 aliphatic carbocycles. The average molecular weight is 229 g/mol. The predicted octanol–water partition coefficient (Wildman–Crippen LogP) is 2.87. The number of aromatic nitrogens is 2. The Morgan fingerprint density at radius 3 is 2.88 bits per heavy atom. The molecule has 0 bridgehead atoms. The van der Waals surface area contributed by atoms with Crippen molar-refractivity contribution in [3.63, 3.8) is 0 Å². The van der Waals surface area contributed by atoms with Crippen LogP contribution >= 0.6 is 0 Å². The zero-order valence-electron chi connectivity index (χ0n) is 10.2. The van der Waals surface area contributed by atoms with Crippen molar-refractivity contribution in [1.29, 1.82) is 0 Å². The normalized spacial score (nSPS) is 11.6. The van der Waals surface area contributed by atoms with Gasteiger partial charge in [0.1, 0.15) is 11.4 Å². The van der Waals surface area contributed by atoms with Crippen LogP contribution in [0.4, 0.5) is 5.69 Å². The number of methoxy groups -OCH3 is 1. The van der Waals surface area contributed by atoms with E-state index in [4.69, 9.17) is 4.74 Å². The Hall–Kier alpha value is -2.10. The van der Waals surface area contributed by atoms with Gasteiger partial charge >= 0.3 is 0 Å². The first-order valence-corrected chi connectivity index (χ1v) is 5.40. The number of aryl methyl sites for hydroxylation is 1. The summed E-state index contributed by atoms with van der Waals surface area (Å²) in [5.41, 5.74) is 3.88. The van der Waals surface area contributed by atoms with Crippen molar-refractivity contribution < 1.29 is 4.74 Å². The number of nitrogens with zero attached hydrogens (tertiary/aromatic N) is 2. The third-order valence-corrected chi connectivity index (χ3v) is 2.54. The number of aromatic amines is 1. The van der Waals surface area contributed by atoms with E-state index in [-0.39, 0.29) is 0 Å². The molecule has 1 N–H and O–H groups in total. The minimum Gasteiger partial charge on any atom is -0.494 e. The maximum Gasteiger partial charge on any atom is 0.144 e. The number of hydrogen-bond acceptors (Lipinski definition) is 3. The maximum absolute atomic E-state index is 5.29. The van der Waals surface area contributed by atoms with Crippen LogP contribution in [0.1, 0.15) is 18.1 Å². The van der Waals surface area contributed by atoms with Gasteiger partial charge in [-0.25, -0.2) is 4.99 Å². The van der Waals surface area contributed by atoms with Gasteiger partial charge in [0.05, 0.1) is 13.3 Å². The van der Waals surface area contributed by atoms with Crippen LogP contribution < -0.4 is 4.74 Å². The van der Waals surface area contributed by atoms with Crippen molar-refractivity contribution in [2.24, 2.45) is 4.99 Å². The van der Waals surface area contributed by atoms with Crippen molar-refractivity contribution in [2.75, 3.05) is 7.11 Å². The Bertz CT molecular complexity index is 530. The molecule has 0 spiro atoms. The molecule has 88 valence electrons. The number of benzene rings is 1. The molecule has 0 aliphatic heterocycles. The second kappa shape index (κ2) is 4.82. The summed E-state index contributed by atoms with van der Waals surface area (Å²) in [6.45, 7) is 3.98. The average Bonchev–Trinajstić information content (AvgIpc) is 2.83. The Morgan fingerprint density at radius 1 is 1.41 bits per heavy atom. The Morgan fingerprint density at radius 2 is 2.24 bits per heavy atom. The molecule has 4 heteroatoms. The summed E-state index contributed by atoms with van der Waals surface area (Å²) in [5.74, 6) is 0.776. The molecule has 0 saturated heterocycles. The van der Waals surface area contributed by atoms with Crippen LogP contribution in [0.3, 0.4) is 0 Å². The van der Waals surface area contributed by atoms with E-state index in [1.54, 1.807) is 13.3 Å². The summed E-state index contributed by atoms with van der Waals surface area (Å²) in [5, 5.41) is 6.68.